The zero-order chi connectivity index (χ0) is 20.3. The highest BCUT2D eigenvalue weighted by atomic mass is 35.5. The highest BCUT2D eigenvalue weighted by Gasteiger charge is 2.20. The molecule has 0 aliphatic rings. The first kappa shape index (κ1) is 19.3. The summed E-state index contributed by atoms with van der Waals surface area (Å²) in [6.45, 7) is 0.514. The van der Waals surface area contributed by atoms with Crippen molar-refractivity contribution in [1.82, 2.24) is 10.3 Å². The van der Waals surface area contributed by atoms with E-state index in [4.69, 9.17) is 11.6 Å². The minimum Gasteiger partial charge on any atom is -0.505 e. The van der Waals surface area contributed by atoms with Gasteiger partial charge in [-0.15, -0.1) is 0 Å². The molecule has 0 radical (unpaired) electrons. The number of nitrogens with one attached hydrogen (secondary N) is 1. The van der Waals surface area contributed by atoms with E-state index in [1.165, 1.54) is 0 Å². The third kappa shape index (κ3) is 4.10. The molecule has 0 fully saturated rings. The Morgan fingerprint density at radius 1 is 1.07 bits per heavy atom. The molecule has 2 N–H and O–H groups in total. The average Bonchev–Trinajstić information content (AvgIpc) is 2.68. The van der Waals surface area contributed by atoms with E-state index in [0.717, 1.165) is 18.1 Å². The standard InChI is InChI=1S/C20H15ClN2O5/c1-11(24)28-16(25)10-22-20(27)17-18(26)15-9-13(12-5-3-2-4-6-12)7-8-14(15)19(21)23-17/h2-9,26H,10H2,1H3,(H,22,27). The van der Waals surface area contributed by atoms with Gasteiger partial charge in [0.1, 0.15) is 11.7 Å². The van der Waals surface area contributed by atoms with E-state index in [2.05, 4.69) is 15.0 Å². The van der Waals surface area contributed by atoms with E-state index in [1.807, 2.05) is 36.4 Å². The fourth-order valence-electron chi connectivity index (χ4n) is 2.66. The van der Waals surface area contributed by atoms with Gasteiger partial charge in [0.05, 0.1) is 0 Å². The van der Waals surface area contributed by atoms with Crippen LogP contribution in [-0.4, -0.2) is 34.5 Å². The first-order valence-corrected chi connectivity index (χ1v) is 8.61. The topological polar surface area (TPSA) is 106 Å². The molecule has 0 bridgehead atoms. The molecule has 1 aromatic heterocycles. The number of hydrogen-bond acceptors (Lipinski definition) is 6. The molecular weight excluding hydrogens is 384 g/mol. The highest BCUT2D eigenvalue weighted by molar-refractivity contribution is 6.35. The Hall–Kier alpha value is -3.45. The van der Waals surface area contributed by atoms with Gasteiger partial charge < -0.3 is 15.2 Å². The predicted octanol–water partition coefficient (Wildman–Crippen LogP) is 3.08. The van der Waals surface area contributed by atoms with Crippen LogP contribution in [0.3, 0.4) is 0 Å². The van der Waals surface area contributed by atoms with Crippen LogP contribution in [0.15, 0.2) is 48.5 Å². The van der Waals surface area contributed by atoms with Gasteiger partial charge >= 0.3 is 11.9 Å². The van der Waals surface area contributed by atoms with Crippen molar-refractivity contribution in [2.75, 3.05) is 6.54 Å². The number of aromatic hydroxyl groups is 1. The highest BCUT2D eigenvalue weighted by Crippen LogP contribution is 2.35. The minimum atomic E-state index is -0.932. The molecule has 0 saturated heterocycles. The zero-order valence-corrected chi connectivity index (χ0v) is 15.5. The van der Waals surface area contributed by atoms with Crippen molar-refractivity contribution < 1.29 is 24.2 Å². The molecule has 1 amide bonds. The van der Waals surface area contributed by atoms with E-state index in [-0.39, 0.29) is 16.6 Å². The van der Waals surface area contributed by atoms with Crippen molar-refractivity contribution in [2.24, 2.45) is 0 Å². The zero-order valence-electron chi connectivity index (χ0n) is 14.7. The van der Waals surface area contributed by atoms with Gasteiger partial charge in [-0.1, -0.05) is 54.1 Å². The molecule has 2 aromatic carbocycles. The lowest BCUT2D eigenvalue weighted by Crippen LogP contribution is -2.32. The van der Waals surface area contributed by atoms with Gasteiger partial charge in [0.2, 0.25) is 0 Å². The number of halogens is 1. The van der Waals surface area contributed by atoms with Crippen LogP contribution in [0.25, 0.3) is 21.9 Å². The summed E-state index contributed by atoms with van der Waals surface area (Å²) in [5.41, 5.74) is 1.41. The van der Waals surface area contributed by atoms with E-state index in [0.29, 0.717) is 10.8 Å². The SMILES string of the molecule is CC(=O)OC(=O)CNC(=O)c1nc(Cl)c2ccc(-c3ccccc3)cc2c1O. The summed E-state index contributed by atoms with van der Waals surface area (Å²) in [6, 6.07) is 14.7. The molecular formula is C20H15ClN2O5. The molecule has 8 heteroatoms. The van der Waals surface area contributed by atoms with Crippen molar-refractivity contribution in [3.05, 3.63) is 59.4 Å². The maximum absolute atomic E-state index is 12.3. The van der Waals surface area contributed by atoms with Gasteiger partial charge in [0.15, 0.2) is 11.4 Å². The second kappa shape index (κ2) is 8.06. The van der Waals surface area contributed by atoms with Crippen molar-refractivity contribution in [3.63, 3.8) is 0 Å². The molecule has 7 nitrogen and oxygen atoms in total. The Morgan fingerprint density at radius 2 is 1.79 bits per heavy atom. The number of nitrogens with zero attached hydrogens (tertiary/aromatic N) is 1. The Kier molecular flexibility index (Phi) is 5.56. The second-order valence-electron chi connectivity index (χ2n) is 5.87. The van der Waals surface area contributed by atoms with Crippen LogP contribution in [-0.2, 0) is 14.3 Å². The number of carbonyl (C=O) groups is 3. The lowest BCUT2D eigenvalue weighted by atomic mass is 10.0. The Labute approximate surface area is 164 Å². The van der Waals surface area contributed by atoms with Gasteiger partial charge in [0, 0.05) is 17.7 Å². The number of ether oxygens (including phenoxy) is 1. The maximum Gasteiger partial charge on any atom is 0.333 e. The molecule has 3 aromatic rings. The largest absolute Gasteiger partial charge is 0.505 e. The first-order valence-electron chi connectivity index (χ1n) is 8.24. The average molecular weight is 399 g/mol. The van der Waals surface area contributed by atoms with Gasteiger partial charge in [0.25, 0.3) is 5.91 Å². The lowest BCUT2D eigenvalue weighted by Gasteiger charge is -2.11. The Bertz CT molecular complexity index is 1080. The summed E-state index contributed by atoms with van der Waals surface area (Å²) in [7, 11) is 0. The fourth-order valence-corrected chi connectivity index (χ4v) is 2.91. The van der Waals surface area contributed by atoms with Crippen molar-refractivity contribution in [1.29, 1.82) is 0 Å². The van der Waals surface area contributed by atoms with Crippen molar-refractivity contribution in [3.8, 4) is 16.9 Å². The third-order valence-electron chi connectivity index (χ3n) is 3.90. The van der Waals surface area contributed by atoms with Crippen LogP contribution in [0.1, 0.15) is 17.4 Å². The molecule has 0 spiro atoms. The Balaban J connectivity index is 1.95. The summed E-state index contributed by atoms with van der Waals surface area (Å²) < 4.78 is 4.32. The molecule has 3 rings (SSSR count). The molecule has 0 aliphatic heterocycles. The van der Waals surface area contributed by atoms with E-state index < -0.39 is 24.4 Å². The quantitative estimate of drug-likeness (QED) is 0.397. The van der Waals surface area contributed by atoms with E-state index in [1.54, 1.807) is 12.1 Å². The van der Waals surface area contributed by atoms with Crippen LogP contribution < -0.4 is 5.32 Å². The Morgan fingerprint density at radius 3 is 2.46 bits per heavy atom. The van der Waals surface area contributed by atoms with Crippen LogP contribution in [0.5, 0.6) is 5.75 Å². The maximum atomic E-state index is 12.3. The second-order valence-corrected chi connectivity index (χ2v) is 6.23. The molecule has 142 valence electrons. The van der Waals surface area contributed by atoms with Crippen LogP contribution in [0.4, 0.5) is 0 Å². The van der Waals surface area contributed by atoms with Gasteiger partial charge in [-0.3, -0.25) is 9.59 Å². The molecule has 0 unspecified atom stereocenters. The van der Waals surface area contributed by atoms with Crippen LogP contribution >= 0.6 is 11.6 Å². The van der Waals surface area contributed by atoms with Gasteiger partial charge in [-0.05, 0) is 17.2 Å². The van der Waals surface area contributed by atoms with Crippen LogP contribution in [0, 0.1) is 0 Å². The molecule has 1 heterocycles. The molecule has 28 heavy (non-hydrogen) atoms. The summed E-state index contributed by atoms with van der Waals surface area (Å²) >= 11 is 6.17. The number of rotatable bonds is 4. The number of pyridine rings is 1. The first-order chi connectivity index (χ1) is 13.4. The molecule has 0 saturated carbocycles. The van der Waals surface area contributed by atoms with Gasteiger partial charge in [-0.2, -0.15) is 0 Å². The third-order valence-corrected chi connectivity index (χ3v) is 4.19. The number of fused-ring (bicyclic) bond motifs is 1. The number of aromatic nitrogens is 1. The smallest absolute Gasteiger partial charge is 0.333 e. The number of carbonyl (C=O) groups excluding carboxylic acids is 3. The summed E-state index contributed by atoms with van der Waals surface area (Å²) in [4.78, 5) is 38.4. The van der Waals surface area contributed by atoms with Crippen LogP contribution in [0.2, 0.25) is 5.15 Å². The van der Waals surface area contributed by atoms with Crippen molar-refractivity contribution >= 4 is 40.2 Å². The number of esters is 2. The minimum absolute atomic E-state index is 0.0314. The summed E-state index contributed by atoms with van der Waals surface area (Å²) in [5.74, 6) is -2.91. The molecule has 0 aliphatic carbocycles. The van der Waals surface area contributed by atoms with Crippen molar-refractivity contribution in [2.45, 2.75) is 6.92 Å². The monoisotopic (exact) mass is 398 g/mol. The lowest BCUT2D eigenvalue weighted by molar-refractivity contribution is -0.157. The number of amides is 1. The van der Waals surface area contributed by atoms with E-state index >= 15 is 0 Å². The fraction of sp³-hybridized carbons (Fsp3) is 0.100. The summed E-state index contributed by atoms with van der Waals surface area (Å²) in [6.07, 6.45) is 0. The normalized spacial score (nSPS) is 10.5. The van der Waals surface area contributed by atoms with Gasteiger partial charge in [-0.25, -0.2) is 9.78 Å². The molecule has 0 atom stereocenters. The predicted molar refractivity (Wildman–Crippen MR) is 103 cm³/mol. The summed E-state index contributed by atoms with van der Waals surface area (Å²) in [5, 5.41) is 13.7. The number of hydrogen-bond donors (Lipinski definition) is 2. The van der Waals surface area contributed by atoms with E-state index in [9.17, 15) is 19.5 Å². The number of benzene rings is 2.